The quantitative estimate of drug-likeness (QED) is 0.835. The number of anilines is 1. The van der Waals surface area contributed by atoms with Gasteiger partial charge in [-0.1, -0.05) is 0 Å². The van der Waals surface area contributed by atoms with Crippen molar-refractivity contribution in [3.8, 4) is 0 Å². The Bertz CT molecular complexity index is 521. The Hall–Kier alpha value is -1.03. The fraction of sp³-hybridized carbons (Fsp3) is 0.538. The molecule has 4 heteroatoms. The lowest BCUT2D eigenvalue weighted by Crippen LogP contribution is -2.08. The summed E-state index contributed by atoms with van der Waals surface area (Å²) in [6.45, 7) is 0.777. The Labute approximate surface area is 103 Å². The van der Waals surface area contributed by atoms with Crippen LogP contribution in [0.4, 0.5) is 5.69 Å². The Kier molecular flexibility index (Phi) is 2.62. The van der Waals surface area contributed by atoms with Crippen LogP contribution >= 0.6 is 0 Å². The summed E-state index contributed by atoms with van der Waals surface area (Å²) >= 11 is 0. The number of nitrogen functional groups attached to an aromatic ring is 1. The molecule has 2 aliphatic carbocycles. The van der Waals surface area contributed by atoms with Crippen LogP contribution in [0.2, 0.25) is 0 Å². The maximum absolute atomic E-state index is 13.0. The molecule has 0 aromatic heterocycles. The highest BCUT2D eigenvalue weighted by Gasteiger charge is 2.35. The zero-order chi connectivity index (χ0) is 11.9. The van der Waals surface area contributed by atoms with Crippen molar-refractivity contribution >= 4 is 15.4 Å². The van der Waals surface area contributed by atoms with E-state index >= 15 is 0 Å². The van der Waals surface area contributed by atoms with Crippen LogP contribution in [-0.2, 0) is 9.73 Å². The molecular formula is C13H18N2OS. The second-order valence-corrected chi connectivity index (χ2v) is 7.63. The minimum Gasteiger partial charge on any atom is -0.399 e. The lowest BCUT2D eigenvalue weighted by atomic mass is 10.3. The lowest BCUT2D eigenvalue weighted by molar-refractivity contribution is 0.671. The monoisotopic (exact) mass is 250 g/mol. The minimum absolute atomic E-state index is 0.282. The standard InChI is InChI=1S/C13H18N2OS/c14-11-3-5-12(6-4-11)17(16,13-7-8-13)15-9-10-1-2-10/h3-6,10,13H,1-2,7-9,14H2. The Morgan fingerprint density at radius 3 is 2.35 bits per heavy atom. The molecule has 0 spiro atoms. The molecule has 2 saturated carbocycles. The lowest BCUT2D eigenvalue weighted by Gasteiger charge is -2.09. The van der Waals surface area contributed by atoms with E-state index in [2.05, 4.69) is 4.36 Å². The predicted molar refractivity (Wildman–Crippen MR) is 70.3 cm³/mol. The van der Waals surface area contributed by atoms with Crippen LogP contribution in [0.15, 0.2) is 33.5 Å². The molecule has 0 radical (unpaired) electrons. The van der Waals surface area contributed by atoms with Gasteiger partial charge in [-0.05, 0) is 55.9 Å². The number of benzene rings is 1. The summed E-state index contributed by atoms with van der Waals surface area (Å²) in [7, 11) is -2.18. The SMILES string of the molecule is Nc1ccc(S(=O)(=NCC2CC2)C2CC2)cc1. The van der Waals surface area contributed by atoms with E-state index in [0.29, 0.717) is 11.6 Å². The molecule has 3 nitrogen and oxygen atoms in total. The average molecular weight is 250 g/mol. The highest BCUT2D eigenvalue weighted by Crippen LogP contribution is 2.37. The molecule has 0 amide bonds. The van der Waals surface area contributed by atoms with Gasteiger partial charge in [0.2, 0.25) is 0 Å². The number of hydrogen-bond donors (Lipinski definition) is 1. The van der Waals surface area contributed by atoms with Crippen molar-refractivity contribution < 1.29 is 4.21 Å². The third-order valence-corrected chi connectivity index (χ3v) is 6.27. The molecule has 1 atom stereocenters. The maximum Gasteiger partial charge on any atom is 0.0781 e. The van der Waals surface area contributed by atoms with Gasteiger partial charge in [-0.15, -0.1) is 0 Å². The first-order valence-electron chi connectivity index (χ1n) is 6.26. The van der Waals surface area contributed by atoms with Gasteiger partial charge >= 0.3 is 0 Å². The van der Waals surface area contributed by atoms with Crippen molar-refractivity contribution in [1.29, 1.82) is 0 Å². The van der Waals surface area contributed by atoms with Crippen molar-refractivity contribution in [2.24, 2.45) is 10.3 Å². The van der Waals surface area contributed by atoms with Crippen LogP contribution in [0.3, 0.4) is 0 Å². The van der Waals surface area contributed by atoms with Crippen molar-refractivity contribution in [2.45, 2.75) is 35.8 Å². The summed E-state index contributed by atoms with van der Waals surface area (Å²) in [4.78, 5) is 0.870. The zero-order valence-electron chi connectivity index (χ0n) is 9.84. The predicted octanol–water partition coefficient (Wildman–Crippen LogP) is 2.67. The third-order valence-electron chi connectivity index (χ3n) is 3.42. The van der Waals surface area contributed by atoms with Gasteiger partial charge in [0.1, 0.15) is 0 Å². The van der Waals surface area contributed by atoms with Crippen LogP contribution in [0.1, 0.15) is 25.7 Å². The van der Waals surface area contributed by atoms with Crippen LogP contribution in [-0.4, -0.2) is 16.0 Å². The molecule has 17 heavy (non-hydrogen) atoms. The van der Waals surface area contributed by atoms with Gasteiger partial charge < -0.3 is 5.73 Å². The summed E-state index contributed by atoms with van der Waals surface area (Å²) in [6.07, 6.45) is 4.62. The molecule has 1 aromatic rings. The van der Waals surface area contributed by atoms with Crippen molar-refractivity contribution in [2.75, 3.05) is 12.3 Å². The van der Waals surface area contributed by atoms with Gasteiger partial charge in [-0.3, -0.25) is 0 Å². The zero-order valence-corrected chi connectivity index (χ0v) is 10.7. The van der Waals surface area contributed by atoms with Gasteiger partial charge in [0.25, 0.3) is 0 Å². The van der Waals surface area contributed by atoms with Crippen LogP contribution in [0.25, 0.3) is 0 Å². The molecule has 3 rings (SSSR count). The van der Waals surface area contributed by atoms with Crippen molar-refractivity contribution in [3.63, 3.8) is 0 Å². The Morgan fingerprint density at radius 2 is 1.82 bits per heavy atom. The molecule has 2 fully saturated rings. The first-order valence-corrected chi connectivity index (χ1v) is 7.83. The molecular weight excluding hydrogens is 232 g/mol. The van der Waals surface area contributed by atoms with Gasteiger partial charge in [-0.25, -0.2) is 8.57 Å². The Balaban J connectivity index is 1.95. The van der Waals surface area contributed by atoms with Crippen LogP contribution in [0, 0.1) is 5.92 Å². The first-order chi connectivity index (χ1) is 8.18. The molecule has 0 heterocycles. The Morgan fingerprint density at radius 1 is 1.18 bits per heavy atom. The number of rotatable bonds is 4. The molecule has 1 unspecified atom stereocenters. The third kappa shape index (κ3) is 2.32. The van der Waals surface area contributed by atoms with Gasteiger partial charge in [0.15, 0.2) is 0 Å². The fourth-order valence-corrected chi connectivity index (χ4v) is 4.42. The van der Waals surface area contributed by atoms with Crippen molar-refractivity contribution in [3.05, 3.63) is 24.3 Å². The van der Waals surface area contributed by atoms with E-state index in [1.165, 1.54) is 12.8 Å². The van der Waals surface area contributed by atoms with E-state index < -0.39 is 9.73 Å². The molecule has 0 bridgehead atoms. The molecule has 2 N–H and O–H groups in total. The van der Waals surface area contributed by atoms with E-state index in [1.54, 1.807) is 0 Å². The van der Waals surface area contributed by atoms with E-state index in [0.717, 1.165) is 24.3 Å². The van der Waals surface area contributed by atoms with E-state index in [9.17, 15) is 4.21 Å². The summed E-state index contributed by atoms with van der Waals surface area (Å²) < 4.78 is 17.6. The summed E-state index contributed by atoms with van der Waals surface area (Å²) in [5.41, 5.74) is 6.39. The summed E-state index contributed by atoms with van der Waals surface area (Å²) in [5.74, 6) is 0.698. The van der Waals surface area contributed by atoms with Gasteiger partial charge in [-0.2, -0.15) is 0 Å². The number of nitrogens with two attached hydrogens (primary N) is 1. The molecule has 0 aliphatic heterocycles. The smallest absolute Gasteiger partial charge is 0.0781 e. The largest absolute Gasteiger partial charge is 0.399 e. The summed E-state index contributed by atoms with van der Waals surface area (Å²) in [5, 5.41) is 0.282. The average Bonchev–Trinajstić information content (AvgIpc) is 3.18. The fourth-order valence-electron chi connectivity index (χ4n) is 1.94. The number of hydrogen-bond acceptors (Lipinski definition) is 3. The second kappa shape index (κ2) is 4.02. The minimum atomic E-state index is -2.18. The second-order valence-electron chi connectivity index (χ2n) is 5.09. The number of nitrogens with zero attached hydrogens (tertiary/aromatic N) is 1. The molecule has 1 aromatic carbocycles. The molecule has 2 aliphatic rings. The van der Waals surface area contributed by atoms with Crippen molar-refractivity contribution in [1.82, 2.24) is 0 Å². The molecule has 92 valence electrons. The summed E-state index contributed by atoms with van der Waals surface area (Å²) in [6, 6.07) is 7.41. The normalized spacial score (nSPS) is 23.1. The topological polar surface area (TPSA) is 55.5 Å². The van der Waals surface area contributed by atoms with E-state index in [4.69, 9.17) is 5.73 Å². The van der Waals surface area contributed by atoms with Crippen LogP contribution < -0.4 is 5.73 Å². The first kappa shape index (κ1) is 11.1. The molecule has 0 saturated heterocycles. The van der Waals surface area contributed by atoms with E-state index in [-0.39, 0.29) is 5.25 Å². The van der Waals surface area contributed by atoms with Crippen LogP contribution in [0.5, 0.6) is 0 Å². The van der Waals surface area contributed by atoms with Gasteiger partial charge in [0.05, 0.1) is 16.3 Å². The highest BCUT2D eigenvalue weighted by atomic mass is 32.2. The highest BCUT2D eigenvalue weighted by molar-refractivity contribution is 7.94. The maximum atomic E-state index is 13.0. The van der Waals surface area contributed by atoms with Gasteiger partial charge in [0, 0.05) is 15.8 Å². The van der Waals surface area contributed by atoms with E-state index in [1.807, 2.05) is 24.3 Å².